The molecule has 0 bridgehead atoms. The van der Waals surface area contributed by atoms with Crippen LogP contribution in [0.4, 0.5) is 4.79 Å². The number of nitrogens with zero attached hydrogens (tertiary/aromatic N) is 2. The first-order valence-electron chi connectivity index (χ1n) is 12.7. The SMILES string of the molecule is C=CCOC(=O)N1C[C@@H](SC(c2ccccc2)(c2ccccc2)c2ccccc2)C[C@H]1/C=C/C(=O)N(C)C. The summed E-state index contributed by atoms with van der Waals surface area (Å²) in [6.07, 6.45) is 5.23. The molecular weight excluding hydrogens is 492 g/mol. The quantitative estimate of drug-likeness (QED) is 0.191. The van der Waals surface area contributed by atoms with Crippen molar-refractivity contribution in [2.75, 3.05) is 27.2 Å². The molecule has 196 valence electrons. The molecule has 38 heavy (non-hydrogen) atoms. The second-order valence-electron chi connectivity index (χ2n) is 9.43. The number of carbonyl (C=O) groups excluding carboxylic acids is 2. The number of benzene rings is 3. The van der Waals surface area contributed by atoms with Gasteiger partial charge in [0.15, 0.2) is 0 Å². The summed E-state index contributed by atoms with van der Waals surface area (Å²) in [5.41, 5.74) is 3.51. The summed E-state index contributed by atoms with van der Waals surface area (Å²) in [6, 6.07) is 31.3. The number of likely N-dealkylation sites (N-methyl/N-ethyl adjacent to an activating group) is 1. The topological polar surface area (TPSA) is 49.9 Å². The van der Waals surface area contributed by atoms with E-state index in [0.717, 1.165) is 0 Å². The summed E-state index contributed by atoms with van der Waals surface area (Å²) in [7, 11) is 3.42. The van der Waals surface area contributed by atoms with Crippen LogP contribution in [0.5, 0.6) is 0 Å². The minimum atomic E-state index is -0.497. The Bertz CT molecular complexity index is 1150. The van der Waals surface area contributed by atoms with Crippen LogP contribution in [0.1, 0.15) is 23.1 Å². The second-order valence-corrected chi connectivity index (χ2v) is 10.9. The average Bonchev–Trinajstić information content (AvgIpc) is 3.37. The summed E-state index contributed by atoms with van der Waals surface area (Å²) in [5, 5.41) is 0.0796. The van der Waals surface area contributed by atoms with Crippen molar-refractivity contribution in [2.45, 2.75) is 22.5 Å². The van der Waals surface area contributed by atoms with E-state index in [0.29, 0.717) is 13.0 Å². The maximum absolute atomic E-state index is 13.0. The lowest BCUT2D eigenvalue weighted by molar-refractivity contribution is -0.123. The minimum absolute atomic E-state index is 0.0796. The van der Waals surface area contributed by atoms with Crippen LogP contribution in [0.3, 0.4) is 0 Å². The normalized spacial score (nSPS) is 17.4. The molecule has 2 amide bonds. The highest BCUT2D eigenvalue weighted by Gasteiger charge is 2.44. The van der Waals surface area contributed by atoms with E-state index in [1.54, 1.807) is 31.1 Å². The average molecular weight is 527 g/mol. The van der Waals surface area contributed by atoms with Gasteiger partial charge in [0.25, 0.3) is 0 Å². The highest BCUT2D eigenvalue weighted by molar-refractivity contribution is 8.01. The number of ether oxygens (including phenoxy) is 1. The van der Waals surface area contributed by atoms with Crippen LogP contribution in [0, 0.1) is 0 Å². The van der Waals surface area contributed by atoms with Gasteiger partial charge in [0.2, 0.25) is 5.91 Å². The van der Waals surface area contributed by atoms with Crippen molar-refractivity contribution in [2.24, 2.45) is 0 Å². The molecule has 1 aliphatic heterocycles. The van der Waals surface area contributed by atoms with Crippen LogP contribution in [0.2, 0.25) is 0 Å². The third kappa shape index (κ3) is 6.03. The number of rotatable bonds is 9. The Hall–Kier alpha value is -3.77. The van der Waals surface area contributed by atoms with E-state index in [4.69, 9.17) is 4.74 Å². The molecule has 0 radical (unpaired) electrons. The fourth-order valence-corrected chi connectivity index (χ4v) is 6.68. The van der Waals surface area contributed by atoms with Crippen molar-refractivity contribution < 1.29 is 14.3 Å². The number of thioether (sulfide) groups is 1. The van der Waals surface area contributed by atoms with Crippen LogP contribution in [0.15, 0.2) is 116 Å². The van der Waals surface area contributed by atoms with Crippen molar-refractivity contribution in [3.63, 3.8) is 0 Å². The lowest BCUT2D eigenvalue weighted by atomic mass is 9.84. The van der Waals surface area contributed by atoms with Gasteiger partial charge in [-0.25, -0.2) is 4.79 Å². The van der Waals surface area contributed by atoms with Crippen molar-refractivity contribution in [3.8, 4) is 0 Å². The fraction of sp³-hybridized carbons (Fsp3) is 0.250. The molecule has 1 saturated heterocycles. The number of hydrogen-bond acceptors (Lipinski definition) is 4. The molecule has 0 unspecified atom stereocenters. The smallest absolute Gasteiger partial charge is 0.410 e. The van der Waals surface area contributed by atoms with Gasteiger partial charge in [-0.3, -0.25) is 4.79 Å². The first-order chi connectivity index (χ1) is 18.5. The maximum atomic E-state index is 13.0. The number of hydrogen-bond donors (Lipinski definition) is 0. The van der Waals surface area contributed by atoms with E-state index < -0.39 is 10.8 Å². The summed E-state index contributed by atoms with van der Waals surface area (Å²) in [5.74, 6) is -0.118. The van der Waals surface area contributed by atoms with E-state index in [1.165, 1.54) is 21.6 Å². The second kappa shape index (κ2) is 12.7. The molecule has 0 N–H and O–H groups in total. The molecule has 0 aromatic heterocycles. The molecule has 0 saturated carbocycles. The molecule has 0 aliphatic carbocycles. The zero-order chi connectivity index (χ0) is 27.0. The Morgan fingerprint density at radius 1 is 0.947 bits per heavy atom. The van der Waals surface area contributed by atoms with Gasteiger partial charge in [0, 0.05) is 32.0 Å². The van der Waals surface area contributed by atoms with Crippen LogP contribution in [0.25, 0.3) is 0 Å². The Balaban J connectivity index is 1.76. The van der Waals surface area contributed by atoms with Crippen LogP contribution >= 0.6 is 11.8 Å². The van der Waals surface area contributed by atoms with Gasteiger partial charge in [-0.1, -0.05) is 110 Å². The summed E-state index contributed by atoms with van der Waals surface area (Å²) in [4.78, 5) is 28.6. The van der Waals surface area contributed by atoms with E-state index >= 15 is 0 Å². The molecule has 1 aliphatic rings. The maximum Gasteiger partial charge on any atom is 0.410 e. The molecule has 3 aromatic carbocycles. The first kappa shape index (κ1) is 27.3. The van der Waals surface area contributed by atoms with E-state index in [9.17, 15) is 9.59 Å². The van der Waals surface area contributed by atoms with E-state index in [2.05, 4.69) is 79.4 Å². The Morgan fingerprint density at radius 2 is 1.45 bits per heavy atom. The third-order valence-corrected chi connectivity index (χ3v) is 8.39. The lowest BCUT2D eigenvalue weighted by Gasteiger charge is -2.37. The zero-order valence-corrected chi connectivity index (χ0v) is 22.7. The van der Waals surface area contributed by atoms with Gasteiger partial charge >= 0.3 is 6.09 Å². The number of amides is 2. The fourth-order valence-electron chi connectivity index (χ4n) is 4.83. The largest absolute Gasteiger partial charge is 0.445 e. The monoisotopic (exact) mass is 526 g/mol. The minimum Gasteiger partial charge on any atom is -0.445 e. The Kier molecular flexibility index (Phi) is 9.08. The molecule has 0 spiro atoms. The Morgan fingerprint density at radius 3 is 1.89 bits per heavy atom. The molecule has 1 heterocycles. The number of likely N-dealkylation sites (tertiary alicyclic amines) is 1. The van der Waals surface area contributed by atoms with Gasteiger partial charge in [-0.05, 0) is 23.1 Å². The first-order valence-corrected chi connectivity index (χ1v) is 13.6. The number of carbonyl (C=O) groups is 2. The van der Waals surface area contributed by atoms with Gasteiger partial charge < -0.3 is 14.5 Å². The predicted octanol–water partition coefficient (Wildman–Crippen LogP) is 6.12. The standard InChI is InChI=1S/C32H34N2O3S/c1-4-22-37-31(36)34-24-29(23-28(34)20-21-30(35)33(2)3)38-32(25-14-8-5-9-15-25,26-16-10-6-11-17-26)27-18-12-7-13-19-27/h4-21,28-29H,1,22-24H2,2-3H3/b21-20+/t28-,29+/m1/s1. The lowest BCUT2D eigenvalue weighted by Crippen LogP contribution is -2.36. The summed E-state index contributed by atoms with van der Waals surface area (Å²) < 4.78 is 4.93. The van der Waals surface area contributed by atoms with Crippen LogP contribution in [-0.4, -0.2) is 60.3 Å². The molecule has 5 nitrogen and oxygen atoms in total. The predicted molar refractivity (Wildman–Crippen MR) is 155 cm³/mol. The molecule has 4 rings (SSSR count). The summed E-state index contributed by atoms with van der Waals surface area (Å²) in [6.45, 7) is 4.30. The van der Waals surface area contributed by atoms with E-state index in [-0.39, 0.29) is 23.8 Å². The van der Waals surface area contributed by atoms with Gasteiger partial charge in [-0.2, -0.15) is 0 Å². The van der Waals surface area contributed by atoms with Gasteiger partial charge in [-0.15, -0.1) is 11.8 Å². The highest BCUT2D eigenvalue weighted by atomic mass is 32.2. The summed E-state index contributed by atoms with van der Waals surface area (Å²) >= 11 is 1.85. The van der Waals surface area contributed by atoms with Crippen LogP contribution in [-0.2, 0) is 14.3 Å². The molecular formula is C32H34N2O3S. The molecule has 6 heteroatoms. The van der Waals surface area contributed by atoms with Crippen molar-refractivity contribution >= 4 is 23.8 Å². The molecule has 1 fully saturated rings. The third-order valence-electron chi connectivity index (χ3n) is 6.65. The van der Waals surface area contributed by atoms with Gasteiger partial charge in [0.05, 0.1) is 10.8 Å². The van der Waals surface area contributed by atoms with Crippen molar-refractivity contribution in [3.05, 3.63) is 132 Å². The molecule has 3 aromatic rings. The van der Waals surface area contributed by atoms with Crippen LogP contribution < -0.4 is 0 Å². The zero-order valence-electron chi connectivity index (χ0n) is 21.9. The van der Waals surface area contributed by atoms with E-state index in [1.807, 2.05) is 36.0 Å². The van der Waals surface area contributed by atoms with Crippen molar-refractivity contribution in [1.82, 2.24) is 9.80 Å². The van der Waals surface area contributed by atoms with Crippen molar-refractivity contribution in [1.29, 1.82) is 0 Å². The van der Waals surface area contributed by atoms with Gasteiger partial charge in [0.1, 0.15) is 6.61 Å². The molecule has 2 atom stereocenters. The highest BCUT2D eigenvalue weighted by Crippen LogP contribution is 2.52. The Labute approximate surface area is 229 Å².